The van der Waals surface area contributed by atoms with E-state index in [-0.39, 0.29) is 6.04 Å². The van der Waals surface area contributed by atoms with Crippen LogP contribution >= 0.6 is 0 Å². The number of rotatable bonds is 4. The molecule has 1 fully saturated rings. The molecule has 2 N–H and O–H groups in total. The fourth-order valence-corrected chi connectivity index (χ4v) is 2.01. The Bertz CT molecular complexity index is 252. The van der Waals surface area contributed by atoms with Crippen LogP contribution in [0, 0.1) is 11.8 Å². The monoisotopic (exact) mass is 231 g/mol. The molecule has 0 radical (unpaired) electrons. The van der Waals surface area contributed by atoms with Crippen molar-refractivity contribution in [1.29, 1.82) is 0 Å². The Morgan fingerprint density at radius 3 is 2.75 bits per heavy atom. The third kappa shape index (κ3) is 2.93. The summed E-state index contributed by atoms with van der Waals surface area (Å²) in [6.45, 7) is 7.63. The van der Waals surface area contributed by atoms with Gasteiger partial charge in [0.2, 0.25) is 0 Å². The molecule has 0 spiro atoms. The Kier molecular flexibility index (Phi) is 4.29. The Labute approximate surface area is 96.1 Å². The van der Waals surface area contributed by atoms with Crippen molar-refractivity contribution >= 4 is 5.97 Å². The van der Waals surface area contributed by atoms with E-state index in [0.29, 0.717) is 12.5 Å². The molecule has 94 valence electrons. The van der Waals surface area contributed by atoms with Crippen LogP contribution in [0.5, 0.6) is 0 Å². The Hall–Kier alpha value is -0.650. The average molecular weight is 231 g/mol. The second-order valence-electron chi connectivity index (χ2n) is 4.74. The topological polar surface area (TPSA) is 67.8 Å². The smallest absolute Gasteiger partial charge is 0.316 e. The van der Waals surface area contributed by atoms with E-state index in [2.05, 4.69) is 19.3 Å². The lowest BCUT2D eigenvalue weighted by atomic mass is 9.88. The molecule has 5 nitrogen and oxygen atoms in total. The lowest BCUT2D eigenvalue weighted by molar-refractivity contribution is -0.213. The van der Waals surface area contributed by atoms with Crippen LogP contribution in [0.1, 0.15) is 34.1 Å². The van der Waals surface area contributed by atoms with Crippen molar-refractivity contribution in [2.75, 3.05) is 6.61 Å². The summed E-state index contributed by atoms with van der Waals surface area (Å²) in [5, 5.41) is 9.95. The number of aliphatic hydroxyl groups is 1. The van der Waals surface area contributed by atoms with Crippen LogP contribution in [0.3, 0.4) is 0 Å². The number of hydrogen-bond donors (Lipinski definition) is 2. The lowest BCUT2D eigenvalue weighted by Crippen LogP contribution is -2.42. The van der Waals surface area contributed by atoms with Crippen LogP contribution in [0.2, 0.25) is 0 Å². The minimum atomic E-state index is -1.49. The standard InChI is InChI=1S/C11H21NO4/c1-5-15-10(13)9-8(6-7(2)3)12-16-11(9,4)14/h7-9,12,14H,5-6H2,1-4H3/t8-,9+,11?/m1/s1. The molecule has 1 aliphatic rings. The molecular formula is C11H21NO4. The zero-order valence-electron chi connectivity index (χ0n) is 10.3. The number of ether oxygens (including phenoxy) is 1. The summed E-state index contributed by atoms with van der Waals surface area (Å²) in [4.78, 5) is 16.8. The summed E-state index contributed by atoms with van der Waals surface area (Å²) < 4.78 is 4.95. The largest absolute Gasteiger partial charge is 0.466 e. The molecule has 0 bridgehead atoms. The van der Waals surface area contributed by atoms with Gasteiger partial charge in [0.15, 0.2) is 5.79 Å². The van der Waals surface area contributed by atoms with Crippen LogP contribution in [0.4, 0.5) is 0 Å². The van der Waals surface area contributed by atoms with Crippen molar-refractivity contribution < 1.29 is 19.5 Å². The highest BCUT2D eigenvalue weighted by atomic mass is 16.8. The Balaban J connectivity index is 2.75. The molecule has 1 rings (SSSR count). The van der Waals surface area contributed by atoms with E-state index >= 15 is 0 Å². The molecule has 0 aliphatic carbocycles. The van der Waals surface area contributed by atoms with Crippen molar-refractivity contribution in [3.8, 4) is 0 Å². The van der Waals surface area contributed by atoms with E-state index in [4.69, 9.17) is 9.57 Å². The minimum Gasteiger partial charge on any atom is -0.466 e. The maximum atomic E-state index is 11.8. The van der Waals surface area contributed by atoms with E-state index in [1.54, 1.807) is 6.92 Å². The first-order valence-corrected chi connectivity index (χ1v) is 5.71. The molecular weight excluding hydrogens is 210 g/mol. The summed E-state index contributed by atoms with van der Waals surface area (Å²) in [5.41, 5.74) is 2.72. The first-order chi connectivity index (χ1) is 7.38. The number of esters is 1. The van der Waals surface area contributed by atoms with Gasteiger partial charge in [-0.05, 0) is 26.2 Å². The highest BCUT2D eigenvalue weighted by Crippen LogP contribution is 2.32. The second kappa shape index (κ2) is 5.12. The molecule has 1 unspecified atom stereocenters. The third-order valence-electron chi connectivity index (χ3n) is 2.66. The first-order valence-electron chi connectivity index (χ1n) is 5.71. The quantitative estimate of drug-likeness (QED) is 0.701. The van der Waals surface area contributed by atoms with Gasteiger partial charge in [0, 0.05) is 0 Å². The van der Waals surface area contributed by atoms with E-state index in [0.717, 1.165) is 6.42 Å². The van der Waals surface area contributed by atoms with Crippen LogP contribution in [-0.2, 0) is 14.4 Å². The molecule has 0 aromatic heterocycles. The lowest BCUT2D eigenvalue weighted by Gasteiger charge is -2.24. The van der Waals surface area contributed by atoms with Gasteiger partial charge < -0.3 is 9.84 Å². The average Bonchev–Trinajstić information content (AvgIpc) is 2.41. The van der Waals surface area contributed by atoms with Crippen molar-refractivity contribution in [3.63, 3.8) is 0 Å². The van der Waals surface area contributed by atoms with E-state index < -0.39 is 17.7 Å². The zero-order chi connectivity index (χ0) is 12.3. The van der Waals surface area contributed by atoms with Gasteiger partial charge in [0.1, 0.15) is 5.92 Å². The number of nitrogens with one attached hydrogen (secondary N) is 1. The van der Waals surface area contributed by atoms with Gasteiger partial charge in [-0.25, -0.2) is 0 Å². The molecule has 1 heterocycles. The number of hydroxylamine groups is 1. The van der Waals surface area contributed by atoms with Crippen LogP contribution in [0.25, 0.3) is 0 Å². The van der Waals surface area contributed by atoms with Gasteiger partial charge >= 0.3 is 5.97 Å². The molecule has 0 aromatic rings. The van der Waals surface area contributed by atoms with Crippen molar-refractivity contribution in [2.24, 2.45) is 11.8 Å². The van der Waals surface area contributed by atoms with Gasteiger partial charge in [0.05, 0.1) is 12.6 Å². The summed E-state index contributed by atoms with van der Waals surface area (Å²) in [7, 11) is 0. The maximum absolute atomic E-state index is 11.8. The molecule has 3 atom stereocenters. The van der Waals surface area contributed by atoms with Gasteiger partial charge in [-0.1, -0.05) is 13.8 Å². The summed E-state index contributed by atoms with van der Waals surface area (Å²) >= 11 is 0. The second-order valence-corrected chi connectivity index (χ2v) is 4.74. The Morgan fingerprint density at radius 2 is 2.25 bits per heavy atom. The molecule has 5 heteroatoms. The van der Waals surface area contributed by atoms with Crippen molar-refractivity contribution in [3.05, 3.63) is 0 Å². The molecule has 1 aliphatic heterocycles. The summed E-state index contributed by atoms with van der Waals surface area (Å²) in [5.74, 6) is -2.17. The predicted molar refractivity (Wildman–Crippen MR) is 58.2 cm³/mol. The van der Waals surface area contributed by atoms with Crippen LogP contribution in [0.15, 0.2) is 0 Å². The number of hydrogen-bond acceptors (Lipinski definition) is 5. The highest BCUT2D eigenvalue weighted by molar-refractivity contribution is 5.74. The first kappa shape index (κ1) is 13.4. The normalized spacial score (nSPS) is 34.4. The summed E-state index contributed by atoms with van der Waals surface area (Å²) in [6.07, 6.45) is 0.750. The molecule has 16 heavy (non-hydrogen) atoms. The van der Waals surface area contributed by atoms with Gasteiger partial charge in [-0.3, -0.25) is 9.63 Å². The van der Waals surface area contributed by atoms with E-state index in [9.17, 15) is 9.90 Å². The van der Waals surface area contributed by atoms with E-state index in [1.165, 1.54) is 6.92 Å². The predicted octanol–water partition coefficient (Wildman–Crippen LogP) is 0.824. The fourth-order valence-electron chi connectivity index (χ4n) is 2.01. The molecule has 0 saturated carbocycles. The van der Waals surface area contributed by atoms with E-state index in [1.807, 2.05) is 0 Å². The number of carbonyl (C=O) groups excluding carboxylic acids is 1. The van der Waals surface area contributed by atoms with Crippen LogP contribution in [-0.4, -0.2) is 29.5 Å². The van der Waals surface area contributed by atoms with Gasteiger partial charge in [-0.2, -0.15) is 5.48 Å². The fraction of sp³-hybridized carbons (Fsp3) is 0.909. The van der Waals surface area contributed by atoms with Crippen molar-refractivity contribution in [1.82, 2.24) is 5.48 Å². The minimum absolute atomic E-state index is 0.200. The Morgan fingerprint density at radius 1 is 1.62 bits per heavy atom. The van der Waals surface area contributed by atoms with Gasteiger partial charge in [0.25, 0.3) is 0 Å². The maximum Gasteiger partial charge on any atom is 0.316 e. The SMILES string of the molecule is CCOC(=O)[C@@H]1[C@@H](CC(C)C)NOC1(C)O. The summed E-state index contributed by atoms with van der Waals surface area (Å²) in [6, 6.07) is -0.200. The molecule has 0 aromatic carbocycles. The highest BCUT2D eigenvalue weighted by Gasteiger charge is 2.51. The van der Waals surface area contributed by atoms with Crippen LogP contribution < -0.4 is 5.48 Å². The number of carbonyl (C=O) groups is 1. The van der Waals surface area contributed by atoms with Gasteiger partial charge in [-0.15, -0.1) is 0 Å². The zero-order valence-corrected chi connectivity index (χ0v) is 10.3. The molecule has 1 saturated heterocycles. The third-order valence-corrected chi connectivity index (χ3v) is 2.66. The molecule has 0 amide bonds. The van der Waals surface area contributed by atoms with Crippen molar-refractivity contribution in [2.45, 2.75) is 45.9 Å².